The zero-order chi connectivity index (χ0) is 15.2. The van der Waals surface area contributed by atoms with Crippen LogP contribution in [0.3, 0.4) is 0 Å². The summed E-state index contributed by atoms with van der Waals surface area (Å²) in [5, 5.41) is 8.89. The number of hydrogen-bond donors (Lipinski definition) is 1. The number of hydrogen-bond acceptors (Lipinski definition) is 5. The van der Waals surface area contributed by atoms with Crippen LogP contribution in [0.4, 0.5) is 0 Å². The summed E-state index contributed by atoms with van der Waals surface area (Å²) >= 11 is 0. The van der Waals surface area contributed by atoms with Gasteiger partial charge in [-0.1, -0.05) is 6.08 Å². The van der Waals surface area contributed by atoms with Gasteiger partial charge in [-0.25, -0.2) is 0 Å². The smallest absolute Gasteiger partial charge is 0.317 e. The van der Waals surface area contributed by atoms with Gasteiger partial charge in [0.15, 0.2) is 11.5 Å². The molecule has 0 aromatic heterocycles. The summed E-state index contributed by atoms with van der Waals surface area (Å²) in [4.78, 5) is 12.7. The number of ether oxygens (including phenoxy) is 3. The highest BCUT2D eigenvalue weighted by Gasteiger charge is 2.39. The Labute approximate surface area is 127 Å². The molecule has 1 fully saturated rings. The molecule has 1 N–H and O–H groups in total. The first-order chi connectivity index (χ1) is 10.7. The molecule has 0 radical (unpaired) electrons. The van der Waals surface area contributed by atoms with Crippen molar-refractivity contribution in [1.29, 1.82) is 0 Å². The molecule has 6 nitrogen and oxygen atoms in total. The third-order valence-electron chi connectivity index (χ3n) is 4.46. The molecule has 3 heterocycles. The number of fused-ring (bicyclic) bond motifs is 3. The fourth-order valence-corrected chi connectivity index (χ4v) is 3.23. The Hall–Kier alpha value is -2.21. The molecule has 0 atom stereocenters. The number of carbonyl (C=O) groups is 1. The fraction of sp³-hybridized carbons (Fsp3) is 0.438. The number of rotatable bonds is 2. The van der Waals surface area contributed by atoms with Crippen molar-refractivity contribution in [1.82, 2.24) is 4.90 Å². The maximum absolute atomic E-state index is 10.8. The number of nitrogens with zero attached hydrogens (tertiary/aromatic N) is 1. The van der Waals surface area contributed by atoms with Gasteiger partial charge in [0.2, 0.25) is 12.5 Å². The van der Waals surface area contributed by atoms with E-state index in [1.165, 1.54) is 0 Å². The fourth-order valence-electron chi connectivity index (χ4n) is 3.23. The van der Waals surface area contributed by atoms with Gasteiger partial charge in [-0.05, 0) is 18.2 Å². The van der Waals surface area contributed by atoms with Crippen LogP contribution in [0.25, 0.3) is 6.08 Å². The van der Waals surface area contributed by atoms with Crippen molar-refractivity contribution in [2.45, 2.75) is 18.4 Å². The molecular weight excluding hydrogens is 286 g/mol. The van der Waals surface area contributed by atoms with Crippen molar-refractivity contribution >= 4 is 12.0 Å². The van der Waals surface area contributed by atoms with E-state index in [2.05, 4.69) is 12.2 Å². The SMILES string of the molecule is O=C(O)CN1CCC2(C=Cc3ccc4c(c3O2)OCO4)CC1. The zero-order valence-electron chi connectivity index (χ0n) is 12.1. The highest BCUT2D eigenvalue weighted by Crippen LogP contribution is 2.48. The quantitative estimate of drug-likeness (QED) is 0.897. The first-order valence-electron chi connectivity index (χ1n) is 7.40. The van der Waals surface area contributed by atoms with Gasteiger partial charge in [0, 0.05) is 31.5 Å². The van der Waals surface area contributed by atoms with Crippen LogP contribution >= 0.6 is 0 Å². The molecule has 3 aliphatic rings. The topological polar surface area (TPSA) is 68.2 Å². The van der Waals surface area contributed by atoms with Crippen LogP contribution in [-0.2, 0) is 4.79 Å². The van der Waals surface area contributed by atoms with Crippen LogP contribution in [0.15, 0.2) is 18.2 Å². The Kier molecular flexibility index (Phi) is 3.00. The van der Waals surface area contributed by atoms with Crippen LogP contribution in [0.1, 0.15) is 18.4 Å². The molecule has 0 bridgehead atoms. The summed E-state index contributed by atoms with van der Waals surface area (Å²) in [6, 6.07) is 3.86. The van der Waals surface area contributed by atoms with Crippen LogP contribution in [0, 0.1) is 0 Å². The second-order valence-corrected chi connectivity index (χ2v) is 5.89. The zero-order valence-corrected chi connectivity index (χ0v) is 12.1. The van der Waals surface area contributed by atoms with Gasteiger partial charge >= 0.3 is 5.97 Å². The molecule has 0 saturated carbocycles. The van der Waals surface area contributed by atoms with Gasteiger partial charge in [0.25, 0.3) is 0 Å². The molecule has 4 rings (SSSR count). The lowest BCUT2D eigenvalue weighted by atomic mass is 9.88. The third-order valence-corrected chi connectivity index (χ3v) is 4.46. The second-order valence-electron chi connectivity index (χ2n) is 5.89. The molecule has 1 aromatic carbocycles. The van der Waals surface area contributed by atoms with Gasteiger partial charge in [0.05, 0.1) is 6.54 Å². The normalized spacial score (nSPS) is 21.5. The van der Waals surface area contributed by atoms with E-state index in [4.69, 9.17) is 19.3 Å². The average molecular weight is 303 g/mol. The Morgan fingerprint density at radius 3 is 2.82 bits per heavy atom. The van der Waals surface area contributed by atoms with Crippen molar-refractivity contribution in [3.63, 3.8) is 0 Å². The maximum Gasteiger partial charge on any atom is 0.317 e. The Balaban J connectivity index is 1.55. The van der Waals surface area contributed by atoms with E-state index in [-0.39, 0.29) is 18.9 Å². The van der Waals surface area contributed by atoms with Crippen molar-refractivity contribution in [2.24, 2.45) is 0 Å². The summed E-state index contributed by atoms with van der Waals surface area (Å²) in [7, 11) is 0. The lowest BCUT2D eigenvalue weighted by Crippen LogP contribution is -2.48. The monoisotopic (exact) mass is 303 g/mol. The highest BCUT2D eigenvalue weighted by atomic mass is 16.7. The summed E-state index contributed by atoms with van der Waals surface area (Å²) in [5.74, 6) is 1.34. The molecule has 0 amide bonds. The summed E-state index contributed by atoms with van der Waals surface area (Å²) < 4.78 is 17.2. The Morgan fingerprint density at radius 2 is 2.05 bits per heavy atom. The van der Waals surface area contributed by atoms with Crippen LogP contribution in [0.2, 0.25) is 0 Å². The standard InChI is InChI=1S/C16H17NO5/c18-13(19)9-17-7-5-16(6-8-17)4-3-11-1-2-12-15(14(11)22-16)21-10-20-12/h1-4H,5-10H2,(H,18,19). The highest BCUT2D eigenvalue weighted by molar-refractivity contribution is 5.70. The first-order valence-corrected chi connectivity index (χ1v) is 7.40. The first kappa shape index (κ1) is 13.5. The van der Waals surface area contributed by atoms with E-state index in [1.54, 1.807) is 0 Å². The van der Waals surface area contributed by atoms with E-state index in [9.17, 15) is 4.79 Å². The van der Waals surface area contributed by atoms with E-state index in [0.717, 1.165) is 24.2 Å². The Morgan fingerprint density at radius 1 is 1.23 bits per heavy atom. The number of benzene rings is 1. The van der Waals surface area contributed by atoms with Gasteiger partial charge in [0.1, 0.15) is 5.60 Å². The number of carboxylic acid groups (broad SMARTS) is 1. The maximum atomic E-state index is 10.8. The lowest BCUT2D eigenvalue weighted by molar-refractivity contribution is -0.139. The molecule has 1 aromatic rings. The minimum atomic E-state index is -0.787. The number of piperidine rings is 1. The molecule has 1 spiro atoms. The van der Waals surface area contributed by atoms with Crippen LogP contribution in [-0.4, -0.2) is 48.0 Å². The number of carboxylic acids is 1. The third kappa shape index (κ3) is 2.20. The molecular formula is C16H17NO5. The summed E-state index contributed by atoms with van der Waals surface area (Å²) in [5.41, 5.74) is 0.617. The Bertz CT molecular complexity index is 646. The van der Waals surface area contributed by atoms with E-state index in [1.807, 2.05) is 17.0 Å². The lowest BCUT2D eigenvalue weighted by Gasteiger charge is -2.41. The predicted octanol–water partition coefficient (Wildman–Crippen LogP) is 1.74. The minimum Gasteiger partial charge on any atom is -0.480 e. The van der Waals surface area contributed by atoms with E-state index in [0.29, 0.717) is 24.6 Å². The number of likely N-dealkylation sites (tertiary alicyclic amines) is 1. The molecule has 22 heavy (non-hydrogen) atoms. The average Bonchev–Trinajstić information content (AvgIpc) is 2.98. The second kappa shape index (κ2) is 4.91. The molecule has 1 saturated heterocycles. The van der Waals surface area contributed by atoms with Crippen molar-refractivity contribution < 1.29 is 24.1 Å². The van der Waals surface area contributed by atoms with Crippen molar-refractivity contribution in [2.75, 3.05) is 26.4 Å². The molecule has 6 heteroatoms. The van der Waals surface area contributed by atoms with E-state index >= 15 is 0 Å². The summed E-state index contributed by atoms with van der Waals surface area (Å²) in [6.45, 7) is 1.72. The van der Waals surface area contributed by atoms with Gasteiger partial charge < -0.3 is 19.3 Å². The molecule has 0 aliphatic carbocycles. The largest absolute Gasteiger partial charge is 0.480 e. The van der Waals surface area contributed by atoms with E-state index < -0.39 is 5.97 Å². The van der Waals surface area contributed by atoms with Crippen LogP contribution in [0.5, 0.6) is 17.2 Å². The van der Waals surface area contributed by atoms with Gasteiger partial charge in [-0.2, -0.15) is 0 Å². The molecule has 3 aliphatic heterocycles. The van der Waals surface area contributed by atoms with Crippen molar-refractivity contribution in [3.05, 3.63) is 23.8 Å². The predicted molar refractivity (Wildman–Crippen MR) is 78.3 cm³/mol. The van der Waals surface area contributed by atoms with Gasteiger partial charge in [-0.15, -0.1) is 0 Å². The minimum absolute atomic E-state index is 0.0860. The van der Waals surface area contributed by atoms with Crippen molar-refractivity contribution in [3.8, 4) is 17.2 Å². The van der Waals surface area contributed by atoms with Gasteiger partial charge in [-0.3, -0.25) is 9.69 Å². The number of aliphatic carboxylic acids is 1. The molecule has 116 valence electrons. The molecule has 0 unspecified atom stereocenters. The van der Waals surface area contributed by atoms with Crippen LogP contribution < -0.4 is 14.2 Å². The summed E-state index contributed by atoms with van der Waals surface area (Å²) in [6.07, 6.45) is 5.69.